The van der Waals surface area contributed by atoms with E-state index in [9.17, 15) is 0 Å². The number of rotatable bonds is 3. The van der Waals surface area contributed by atoms with Gasteiger partial charge in [0.15, 0.2) is 5.75 Å². The number of hydrogen-bond acceptors (Lipinski definition) is 4. The normalized spacial score (nSPS) is 10.8. The minimum absolute atomic E-state index is 0.458. The monoisotopic (exact) mass is 299 g/mol. The number of halogens is 1. The second-order valence-corrected chi connectivity index (χ2v) is 5.12. The van der Waals surface area contributed by atoms with Gasteiger partial charge in [-0.15, -0.1) is 0 Å². The molecule has 0 amide bonds. The van der Waals surface area contributed by atoms with Crippen LogP contribution in [0.15, 0.2) is 42.7 Å². The fourth-order valence-corrected chi connectivity index (χ4v) is 2.35. The Bertz CT molecular complexity index is 805. The highest BCUT2D eigenvalue weighted by molar-refractivity contribution is 6.35. The molecule has 2 heterocycles. The molecule has 1 aromatic carbocycles. The summed E-state index contributed by atoms with van der Waals surface area (Å²) in [6.45, 7) is 2.40. The van der Waals surface area contributed by atoms with Crippen LogP contribution in [0.1, 0.15) is 11.1 Å². The van der Waals surface area contributed by atoms with Crippen LogP contribution in [0.3, 0.4) is 0 Å². The van der Waals surface area contributed by atoms with E-state index in [4.69, 9.17) is 22.1 Å². The van der Waals surface area contributed by atoms with E-state index < -0.39 is 0 Å². The first-order chi connectivity index (χ1) is 10.2. The van der Waals surface area contributed by atoms with Gasteiger partial charge in [-0.2, -0.15) is 0 Å². The molecule has 0 bridgehead atoms. The van der Waals surface area contributed by atoms with Crippen LogP contribution in [0, 0.1) is 6.92 Å². The molecule has 0 atom stereocenters. The number of nitrogens with zero attached hydrogens (tertiary/aromatic N) is 2. The van der Waals surface area contributed by atoms with E-state index in [1.807, 2.05) is 25.1 Å². The smallest absolute Gasteiger partial charge is 0.222 e. The minimum atomic E-state index is 0.458. The molecular formula is C16H14ClN3O. The molecular weight excluding hydrogens is 286 g/mol. The number of ether oxygens (including phenoxy) is 1. The summed E-state index contributed by atoms with van der Waals surface area (Å²) in [6.07, 6.45) is 3.43. The van der Waals surface area contributed by atoms with Gasteiger partial charge < -0.3 is 10.5 Å². The van der Waals surface area contributed by atoms with Crippen molar-refractivity contribution in [2.24, 2.45) is 5.73 Å². The van der Waals surface area contributed by atoms with E-state index in [1.54, 1.807) is 24.5 Å². The molecule has 0 aliphatic carbocycles. The molecule has 0 unspecified atom stereocenters. The van der Waals surface area contributed by atoms with E-state index >= 15 is 0 Å². The van der Waals surface area contributed by atoms with Gasteiger partial charge in [0, 0.05) is 29.9 Å². The van der Waals surface area contributed by atoms with Gasteiger partial charge in [-0.25, -0.2) is 4.98 Å². The third kappa shape index (κ3) is 2.68. The SMILES string of the molecule is Cc1cc(CN)cnc1Oc1ccc(Cl)c2cccnc12. The first-order valence-corrected chi connectivity index (χ1v) is 6.93. The predicted octanol–water partition coefficient (Wildman–Crippen LogP) is 3.84. The Balaban J connectivity index is 2.04. The predicted molar refractivity (Wildman–Crippen MR) is 83.7 cm³/mol. The first-order valence-electron chi connectivity index (χ1n) is 6.55. The number of fused-ring (bicyclic) bond motifs is 1. The lowest BCUT2D eigenvalue weighted by Gasteiger charge is -2.11. The fourth-order valence-electron chi connectivity index (χ4n) is 2.14. The lowest BCUT2D eigenvalue weighted by Crippen LogP contribution is -1.99. The molecule has 0 aliphatic rings. The molecule has 21 heavy (non-hydrogen) atoms. The molecule has 106 valence electrons. The summed E-state index contributed by atoms with van der Waals surface area (Å²) >= 11 is 6.18. The molecule has 0 saturated carbocycles. The maximum atomic E-state index is 6.18. The van der Waals surface area contributed by atoms with Crippen molar-refractivity contribution in [1.82, 2.24) is 9.97 Å². The van der Waals surface area contributed by atoms with E-state index in [0.717, 1.165) is 16.5 Å². The third-order valence-electron chi connectivity index (χ3n) is 3.21. The van der Waals surface area contributed by atoms with Crippen LogP contribution in [-0.4, -0.2) is 9.97 Å². The van der Waals surface area contributed by atoms with Gasteiger partial charge in [0.1, 0.15) is 5.52 Å². The van der Waals surface area contributed by atoms with Gasteiger partial charge in [-0.3, -0.25) is 4.98 Å². The lowest BCUT2D eigenvalue weighted by molar-refractivity contribution is 0.462. The third-order valence-corrected chi connectivity index (χ3v) is 3.54. The molecule has 0 aliphatic heterocycles. The quantitative estimate of drug-likeness (QED) is 0.798. The highest BCUT2D eigenvalue weighted by atomic mass is 35.5. The highest BCUT2D eigenvalue weighted by Gasteiger charge is 2.10. The minimum Gasteiger partial charge on any atom is -0.436 e. The number of benzene rings is 1. The van der Waals surface area contributed by atoms with Gasteiger partial charge >= 0.3 is 0 Å². The van der Waals surface area contributed by atoms with Crippen molar-refractivity contribution in [1.29, 1.82) is 0 Å². The summed E-state index contributed by atoms with van der Waals surface area (Å²) in [4.78, 5) is 8.65. The van der Waals surface area contributed by atoms with Crippen LogP contribution in [-0.2, 0) is 6.54 Å². The summed E-state index contributed by atoms with van der Waals surface area (Å²) in [6, 6.07) is 9.32. The number of hydrogen-bond donors (Lipinski definition) is 1. The lowest BCUT2D eigenvalue weighted by atomic mass is 10.2. The van der Waals surface area contributed by atoms with Crippen molar-refractivity contribution in [3.63, 3.8) is 0 Å². The van der Waals surface area contributed by atoms with Crippen LogP contribution < -0.4 is 10.5 Å². The van der Waals surface area contributed by atoms with Crippen molar-refractivity contribution < 1.29 is 4.74 Å². The molecule has 2 N–H and O–H groups in total. The van der Waals surface area contributed by atoms with Gasteiger partial charge in [0.2, 0.25) is 5.88 Å². The van der Waals surface area contributed by atoms with E-state index in [0.29, 0.717) is 28.7 Å². The summed E-state index contributed by atoms with van der Waals surface area (Å²) in [7, 11) is 0. The Labute approximate surface area is 127 Å². The molecule has 4 nitrogen and oxygen atoms in total. The van der Waals surface area contributed by atoms with Crippen LogP contribution in [0.25, 0.3) is 10.9 Å². The zero-order chi connectivity index (χ0) is 14.8. The second kappa shape index (κ2) is 5.68. The van der Waals surface area contributed by atoms with Crippen molar-refractivity contribution in [3.8, 4) is 11.6 Å². The largest absolute Gasteiger partial charge is 0.436 e. The molecule has 0 saturated heterocycles. The molecule has 3 aromatic rings. The molecule has 5 heteroatoms. The van der Waals surface area contributed by atoms with Crippen LogP contribution in [0.5, 0.6) is 11.6 Å². The van der Waals surface area contributed by atoms with E-state index in [1.165, 1.54) is 0 Å². The van der Waals surface area contributed by atoms with Crippen molar-refractivity contribution in [2.75, 3.05) is 0 Å². The average molecular weight is 300 g/mol. The summed E-state index contributed by atoms with van der Waals surface area (Å²) in [5, 5.41) is 1.50. The Morgan fingerprint density at radius 3 is 2.86 bits per heavy atom. The molecule has 0 fully saturated rings. The first kappa shape index (κ1) is 13.8. The van der Waals surface area contributed by atoms with Gasteiger partial charge in [0.25, 0.3) is 0 Å². The summed E-state index contributed by atoms with van der Waals surface area (Å²) < 4.78 is 5.90. The van der Waals surface area contributed by atoms with E-state index in [-0.39, 0.29) is 0 Å². The Morgan fingerprint density at radius 2 is 2.10 bits per heavy atom. The van der Waals surface area contributed by atoms with Crippen LogP contribution in [0.4, 0.5) is 0 Å². The zero-order valence-electron chi connectivity index (χ0n) is 11.5. The number of nitrogens with two attached hydrogens (primary N) is 1. The van der Waals surface area contributed by atoms with Crippen molar-refractivity contribution in [2.45, 2.75) is 13.5 Å². The summed E-state index contributed by atoms with van der Waals surface area (Å²) in [5.41, 5.74) is 8.22. The molecule has 0 radical (unpaired) electrons. The van der Waals surface area contributed by atoms with Gasteiger partial charge in [-0.1, -0.05) is 11.6 Å². The topological polar surface area (TPSA) is 61.0 Å². The summed E-state index contributed by atoms with van der Waals surface area (Å²) in [5.74, 6) is 1.17. The highest BCUT2D eigenvalue weighted by Crippen LogP contribution is 2.32. The van der Waals surface area contributed by atoms with Crippen molar-refractivity contribution >= 4 is 22.5 Å². The maximum Gasteiger partial charge on any atom is 0.222 e. The molecule has 3 rings (SSSR count). The van der Waals surface area contributed by atoms with Crippen LogP contribution >= 0.6 is 11.6 Å². The molecule has 0 spiro atoms. The number of aryl methyl sites for hydroxylation is 1. The standard InChI is InChI=1S/C16H14ClN3O/c1-10-7-11(8-18)9-20-16(10)21-14-5-4-13(17)12-3-2-6-19-15(12)14/h2-7,9H,8,18H2,1H3. The zero-order valence-corrected chi connectivity index (χ0v) is 12.3. The van der Waals surface area contributed by atoms with Crippen molar-refractivity contribution in [3.05, 3.63) is 58.9 Å². The van der Waals surface area contributed by atoms with Gasteiger partial charge in [0.05, 0.1) is 5.02 Å². The maximum absolute atomic E-state index is 6.18. The van der Waals surface area contributed by atoms with E-state index in [2.05, 4.69) is 9.97 Å². The van der Waals surface area contributed by atoms with Gasteiger partial charge in [-0.05, 0) is 42.8 Å². The Morgan fingerprint density at radius 1 is 1.24 bits per heavy atom. The number of aromatic nitrogens is 2. The Kier molecular flexibility index (Phi) is 3.73. The fraction of sp³-hybridized carbons (Fsp3) is 0.125. The molecule has 2 aromatic heterocycles. The second-order valence-electron chi connectivity index (χ2n) is 4.72. The average Bonchev–Trinajstić information content (AvgIpc) is 2.52. The number of pyridine rings is 2. The van der Waals surface area contributed by atoms with Crippen LogP contribution in [0.2, 0.25) is 5.02 Å². The Hall–Kier alpha value is -2.17.